The monoisotopic (exact) mass is 396 g/mol. The van der Waals surface area contributed by atoms with Crippen LogP contribution in [0.2, 0.25) is 0 Å². The zero-order valence-corrected chi connectivity index (χ0v) is 15.5. The molecule has 5 N–H and O–H groups in total. The van der Waals surface area contributed by atoms with Crippen molar-refractivity contribution < 1.29 is 39.5 Å². The summed E-state index contributed by atoms with van der Waals surface area (Å²) < 4.78 is 11.3. The lowest BCUT2D eigenvalue weighted by molar-refractivity contribution is -0.214. The fourth-order valence-corrected chi connectivity index (χ4v) is 3.82. The van der Waals surface area contributed by atoms with Crippen molar-refractivity contribution in [2.45, 2.75) is 63.1 Å². The van der Waals surface area contributed by atoms with Gasteiger partial charge in [-0.25, -0.2) is 0 Å². The van der Waals surface area contributed by atoms with E-state index in [9.17, 15) is 35.1 Å². The van der Waals surface area contributed by atoms with Crippen LogP contribution >= 0.6 is 0 Å². The Balaban J connectivity index is 2.14. The predicted octanol–water partition coefficient (Wildman–Crippen LogP) is -0.610. The first-order valence-corrected chi connectivity index (χ1v) is 9.04. The summed E-state index contributed by atoms with van der Waals surface area (Å²) in [5.74, 6) is -0.738. The second kappa shape index (κ2) is 7.76. The highest BCUT2D eigenvalue weighted by atomic mass is 16.5. The van der Waals surface area contributed by atoms with Crippen LogP contribution in [0.25, 0.3) is 5.57 Å². The Morgan fingerprint density at radius 2 is 1.89 bits per heavy atom. The SMILES string of the molecule is CC(=O)Cc1cc(=O)c2c(o1)C(C1OC(CO)C(O)C(O)C1O)=C(O)CC2C. The molecular weight excluding hydrogens is 372 g/mol. The van der Waals surface area contributed by atoms with Crippen LogP contribution in [0.5, 0.6) is 0 Å². The summed E-state index contributed by atoms with van der Waals surface area (Å²) in [6, 6.07) is 1.23. The molecule has 28 heavy (non-hydrogen) atoms. The van der Waals surface area contributed by atoms with Crippen molar-refractivity contribution in [1.29, 1.82) is 0 Å². The minimum absolute atomic E-state index is 0.0238. The molecule has 1 saturated heterocycles. The van der Waals surface area contributed by atoms with E-state index in [1.165, 1.54) is 13.0 Å². The van der Waals surface area contributed by atoms with Gasteiger partial charge in [-0.15, -0.1) is 0 Å². The number of carbonyl (C=O) groups is 1. The first-order valence-electron chi connectivity index (χ1n) is 9.04. The van der Waals surface area contributed by atoms with Gasteiger partial charge in [-0.3, -0.25) is 9.59 Å². The maximum absolute atomic E-state index is 12.6. The van der Waals surface area contributed by atoms with Gasteiger partial charge >= 0.3 is 0 Å². The van der Waals surface area contributed by atoms with Gasteiger partial charge in [0.1, 0.15) is 53.6 Å². The summed E-state index contributed by atoms with van der Waals surface area (Å²) in [5, 5.41) is 50.5. The van der Waals surface area contributed by atoms with Crippen molar-refractivity contribution in [3.05, 3.63) is 39.1 Å². The quantitative estimate of drug-likeness (QED) is 0.448. The third-order valence-corrected chi connectivity index (χ3v) is 5.18. The lowest BCUT2D eigenvalue weighted by Gasteiger charge is -2.41. The van der Waals surface area contributed by atoms with Crippen LogP contribution in [0.1, 0.15) is 43.3 Å². The molecule has 1 aromatic heterocycles. The van der Waals surface area contributed by atoms with Gasteiger partial charge in [-0.1, -0.05) is 6.92 Å². The number of allylic oxidation sites excluding steroid dienone is 1. The highest BCUT2D eigenvalue weighted by Crippen LogP contribution is 2.41. The normalized spacial score (nSPS) is 32.9. The molecule has 1 aliphatic heterocycles. The van der Waals surface area contributed by atoms with Crippen molar-refractivity contribution in [3.63, 3.8) is 0 Å². The van der Waals surface area contributed by atoms with Gasteiger partial charge < -0.3 is 34.7 Å². The number of Topliss-reactive ketones (excluding diaryl/α,β-unsaturated/α-hetero) is 1. The highest BCUT2D eigenvalue weighted by Gasteiger charge is 2.48. The summed E-state index contributed by atoms with van der Waals surface area (Å²) in [4.78, 5) is 24.1. The van der Waals surface area contributed by atoms with Gasteiger partial charge in [-0.2, -0.15) is 0 Å². The third kappa shape index (κ3) is 3.51. The van der Waals surface area contributed by atoms with Crippen LogP contribution in [0.3, 0.4) is 0 Å². The largest absolute Gasteiger partial charge is 0.512 e. The first kappa shape index (κ1) is 20.7. The average molecular weight is 396 g/mol. The Bertz CT molecular complexity index is 853. The van der Waals surface area contributed by atoms with Gasteiger partial charge in [0.15, 0.2) is 5.43 Å². The van der Waals surface area contributed by atoms with E-state index < -0.39 is 37.1 Å². The van der Waals surface area contributed by atoms with Crippen LogP contribution in [-0.4, -0.2) is 68.4 Å². The van der Waals surface area contributed by atoms with Crippen molar-refractivity contribution in [2.75, 3.05) is 6.61 Å². The van der Waals surface area contributed by atoms with Crippen molar-refractivity contribution in [1.82, 2.24) is 0 Å². The van der Waals surface area contributed by atoms with E-state index in [0.717, 1.165) is 0 Å². The second-order valence-electron chi connectivity index (χ2n) is 7.41. The van der Waals surface area contributed by atoms with Crippen LogP contribution in [0.4, 0.5) is 0 Å². The molecule has 2 heterocycles. The number of ether oxygens (including phenoxy) is 1. The number of carbonyl (C=O) groups excluding carboxylic acids is 1. The average Bonchev–Trinajstić information content (AvgIpc) is 2.60. The minimum Gasteiger partial charge on any atom is -0.512 e. The van der Waals surface area contributed by atoms with Gasteiger partial charge in [-0.05, 0) is 12.8 Å². The molecule has 3 rings (SSSR count). The summed E-state index contributed by atoms with van der Waals surface area (Å²) in [7, 11) is 0. The lowest BCUT2D eigenvalue weighted by atomic mass is 9.81. The highest BCUT2D eigenvalue weighted by molar-refractivity contribution is 5.78. The summed E-state index contributed by atoms with van der Waals surface area (Å²) >= 11 is 0. The standard InChI is InChI=1S/C19H24O9/c1-7-3-10(22)14(19-17(26)16(25)15(24)12(6-20)28-19)18-13(7)11(23)5-9(27-18)4-8(2)21/h5,7,12,15-17,19-20,22,24-26H,3-4,6H2,1-2H3. The fourth-order valence-electron chi connectivity index (χ4n) is 3.82. The van der Waals surface area contributed by atoms with E-state index in [1.54, 1.807) is 6.92 Å². The first-order chi connectivity index (χ1) is 13.1. The van der Waals surface area contributed by atoms with E-state index in [-0.39, 0.29) is 58.4 Å². The van der Waals surface area contributed by atoms with Crippen molar-refractivity contribution in [2.24, 2.45) is 0 Å². The number of hydrogen-bond acceptors (Lipinski definition) is 9. The minimum atomic E-state index is -1.65. The molecule has 0 bridgehead atoms. The molecule has 1 aromatic rings. The van der Waals surface area contributed by atoms with Crippen molar-refractivity contribution >= 4 is 11.4 Å². The van der Waals surface area contributed by atoms with Crippen LogP contribution in [-0.2, 0) is 16.0 Å². The van der Waals surface area contributed by atoms with Gasteiger partial charge in [0.05, 0.1) is 18.6 Å². The number of rotatable bonds is 4. The zero-order chi connectivity index (χ0) is 20.7. The second-order valence-corrected chi connectivity index (χ2v) is 7.41. The zero-order valence-electron chi connectivity index (χ0n) is 15.5. The maximum atomic E-state index is 12.6. The van der Waals surface area contributed by atoms with E-state index in [1.807, 2.05) is 0 Å². The molecule has 9 nitrogen and oxygen atoms in total. The number of fused-ring (bicyclic) bond motifs is 1. The molecule has 154 valence electrons. The van der Waals surface area contributed by atoms with Gasteiger partial charge in [0.2, 0.25) is 0 Å². The van der Waals surface area contributed by atoms with E-state index in [2.05, 4.69) is 0 Å². The van der Waals surface area contributed by atoms with E-state index in [4.69, 9.17) is 9.15 Å². The van der Waals surface area contributed by atoms with Gasteiger partial charge in [0, 0.05) is 18.1 Å². The molecule has 6 atom stereocenters. The fraction of sp³-hybridized carbons (Fsp3) is 0.579. The van der Waals surface area contributed by atoms with Crippen LogP contribution in [0.15, 0.2) is 21.0 Å². The molecule has 1 aliphatic carbocycles. The van der Waals surface area contributed by atoms with Gasteiger partial charge in [0.25, 0.3) is 0 Å². The third-order valence-electron chi connectivity index (χ3n) is 5.18. The molecule has 0 aromatic carbocycles. The molecule has 9 heteroatoms. The molecule has 0 amide bonds. The molecule has 0 radical (unpaired) electrons. The summed E-state index contributed by atoms with van der Waals surface area (Å²) in [6.45, 7) is 2.43. The Hall–Kier alpha value is -2.04. The number of aliphatic hydroxyl groups excluding tert-OH is 5. The molecule has 2 aliphatic rings. The number of ketones is 1. The Morgan fingerprint density at radius 3 is 2.50 bits per heavy atom. The van der Waals surface area contributed by atoms with Crippen LogP contribution in [0, 0.1) is 0 Å². The Labute approximate surface area is 160 Å². The van der Waals surface area contributed by atoms with Crippen LogP contribution < -0.4 is 5.43 Å². The summed E-state index contributed by atoms with van der Waals surface area (Å²) in [5.41, 5.74) is -0.149. The molecule has 0 spiro atoms. The Morgan fingerprint density at radius 1 is 1.21 bits per heavy atom. The molecule has 0 saturated carbocycles. The maximum Gasteiger partial charge on any atom is 0.189 e. The topological polar surface area (TPSA) is 158 Å². The Kier molecular flexibility index (Phi) is 5.74. The predicted molar refractivity (Wildman–Crippen MR) is 95.7 cm³/mol. The molecular formula is C19H24O9. The van der Waals surface area contributed by atoms with E-state index in [0.29, 0.717) is 0 Å². The number of aliphatic hydroxyl groups is 5. The summed E-state index contributed by atoms with van der Waals surface area (Å²) in [6.07, 6.45) is -7.43. The molecule has 6 unspecified atom stereocenters. The lowest BCUT2D eigenvalue weighted by Crippen LogP contribution is -2.59. The smallest absolute Gasteiger partial charge is 0.189 e. The van der Waals surface area contributed by atoms with E-state index >= 15 is 0 Å². The number of hydrogen-bond donors (Lipinski definition) is 5. The molecule has 1 fully saturated rings. The van der Waals surface area contributed by atoms with Crippen molar-refractivity contribution in [3.8, 4) is 0 Å².